The van der Waals surface area contributed by atoms with Gasteiger partial charge in [0.05, 0.1) is 6.21 Å². The quantitative estimate of drug-likeness (QED) is 0.642. The molecule has 0 fully saturated rings. The van der Waals surface area contributed by atoms with Crippen molar-refractivity contribution >= 4 is 17.0 Å². The van der Waals surface area contributed by atoms with E-state index in [9.17, 15) is 4.39 Å². The summed E-state index contributed by atoms with van der Waals surface area (Å²) in [5.74, 6) is -0.215. The van der Waals surface area contributed by atoms with Crippen molar-refractivity contribution in [2.24, 2.45) is 5.16 Å². The molecule has 0 saturated carbocycles. The summed E-state index contributed by atoms with van der Waals surface area (Å²) < 4.78 is 13.0. The predicted octanol–water partition coefficient (Wildman–Crippen LogP) is 2.84. The molecule has 74 valence electrons. The Hall–Kier alpha value is -1.90. The molecule has 1 aliphatic heterocycles. The van der Waals surface area contributed by atoms with Crippen LogP contribution >= 0.6 is 0 Å². The maximum atomic E-state index is 13.0. The van der Waals surface area contributed by atoms with Crippen molar-refractivity contribution in [3.05, 3.63) is 47.3 Å². The van der Waals surface area contributed by atoms with Crippen LogP contribution in [0.5, 0.6) is 0 Å². The number of benzene rings is 2. The van der Waals surface area contributed by atoms with Crippen LogP contribution in [0.2, 0.25) is 0 Å². The van der Waals surface area contributed by atoms with Crippen LogP contribution in [0.25, 0.3) is 10.8 Å². The third-order valence-electron chi connectivity index (χ3n) is 2.60. The molecule has 2 aromatic carbocycles. The number of hydrogen-bond acceptors (Lipinski definition) is 2. The van der Waals surface area contributed by atoms with Gasteiger partial charge in [0.15, 0.2) is 0 Å². The Labute approximate surface area is 86.0 Å². The maximum Gasteiger partial charge on any atom is 0.143 e. The molecule has 0 bridgehead atoms. The number of nitrogens with zero attached hydrogens (tertiary/aromatic N) is 1. The highest BCUT2D eigenvalue weighted by Gasteiger charge is 2.10. The number of hydrogen-bond donors (Lipinski definition) is 0. The van der Waals surface area contributed by atoms with Crippen LogP contribution in [0.15, 0.2) is 35.5 Å². The smallest absolute Gasteiger partial charge is 0.143 e. The molecule has 0 saturated heterocycles. The highest BCUT2D eigenvalue weighted by atomic mass is 19.1. The molecule has 2 nitrogen and oxygen atoms in total. The number of fused-ring (bicyclic) bond motifs is 3. The van der Waals surface area contributed by atoms with Gasteiger partial charge in [0.2, 0.25) is 0 Å². The first-order valence-corrected chi connectivity index (χ1v) is 4.71. The monoisotopic (exact) mass is 201 g/mol. The minimum atomic E-state index is -0.215. The zero-order chi connectivity index (χ0) is 10.3. The van der Waals surface area contributed by atoms with E-state index in [1.165, 1.54) is 12.1 Å². The lowest BCUT2D eigenvalue weighted by Crippen LogP contribution is -2.01. The van der Waals surface area contributed by atoms with Gasteiger partial charge in [-0.15, -0.1) is 0 Å². The Bertz CT molecular complexity index is 563. The van der Waals surface area contributed by atoms with Gasteiger partial charge in [0.1, 0.15) is 12.4 Å². The Kier molecular flexibility index (Phi) is 1.71. The molecule has 15 heavy (non-hydrogen) atoms. The number of rotatable bonds is 0. The summed E-state index contributed by atoms with van der Waals surface area (Å²) in [5.41, 5.74) is 2.11. The lowest BCUT2D eigenvalue weighted by atomic mass is 9.99. The topological polar surface area (TPSA) is 21.6 Å². The molecule has 3 rings (SSSR count). The molecule has 0 amide bonds. The van der Waals surface area contributed by atoms with Crippen LogP contribution in [-0.2, 0) is 11.4 Å². The van der Waals surface area contributed by atoms with Crippen molar-refractivity contribution in [2.75, 3.05) is 0 Å². The molecule has 0 spiro atoms. The molecular formula is C12H8FNO. The maximum absolute atomic E-state index is 13.0. The minimum Gasteiger partial charge on any atom is -0.391 e. The Morgan fingerprint density at radius 3 is 3.07 bits per heavy atom. The summed E-state index contributed by atoms with van der Waals surface area (Å²) in [6.07, 6.45) is 1.68. The molecule has 3 heteroatoms. The van der Waals surface area contributed by atoms with Gasteiger partial charge in [-0.2, -0.15) is 0 Å². The van der Waals surface area contributed by atoms with Crippen LogP contribution in [0.4, 0.5) is 4.39 Å². The Morgan fingerprint density at radius 2 is 2.13 bits per heavy atom. The zero-order valence-electron chi connectivity index (χ0n) is 7.90. The second-order valence-corrected chi connectivity index (χ2v) is 3.51. The first-order valence-electron chi connectivity index (χ1n) is 4.71. The fourth-order valence-electron chi connectivity index (χ4n) is 1.86. The summed E-state index contributed by atoms with van der Waals surface area (Å²) >= 11 is 0. The van der Waals surface area contributed by atoms with Gasteiger partial charge < -0.3 is 4.84 Å². The van der Waals surface area contributed by atoms with E-state index in [1.54, 1.807) is 12.3 Å². The van der Waals surface area contributed by atoms with Crippen molar-refractivity contribution in [1.82, 2.24) is 0 Å². The highest BCUT2D eigenvalue weighted by Crippen LogP contribution is 2.25. The Balaban J connectivity index is 2.37. The average molecular weight is 201 g/mol. The lowest BCUT2D eigenvalue weighted by Gasteiger charge is -2.12. The molecular weight excluding hydrogens is 193 g/mol. The third kappa shape index (κ3) is 1.28. The van der Waals surface area contributed by atoms with E-state index in [0.29, 0.717) is 6.61 Å². The lowest BCUT2D eigenvalue weighted by molar-refractivity contribution is 0.129. The van der Waals surface area contributed by atoms with Crippen LogP contribution in [0, 0.1) is 5.82 Å². The van der Waals surface area contributed by atoms with E-state index in [-0.39, 0.29) is 5.82 Å². The summed E-state index contributed by atoms with van der Waals surface area (Å²) in [4.78, 5) is 5.01. The molecule has 0 atom stereocenters. The van der Waals surface area contributed by atoms with E-state index in [2.05, 4.69) is 5.16 Å². The summed E-state index contributed by atoms with van der Waals surface area (Å²) in [6.45, 7) is 0.453. The molecule has 0 aliphatic carbocycles. The van der Waals surface area contributed by atoms with E-state index < -0.39 is 0 Å². The first-order chi connectivity index (χ1) is 7.34. The second-order valence-electron chi connectivity index (χ2n) is 3.51. The number of oxime groups is 1. The highest BCUT2D eigenvalue weighted by molar-refractivity contribution is 5.94. The van der Waals surface area contributed by atoms with Gasteiger partial charge in [-0.25, -0.2) is 4.39 Å². The predicted molar refractivity (Wildman–Crippen MR) is 56.3 cm³/mol. The van der Waals surface area contributed by atoms with Crippen LogP contribution in [0.1, 0.15) is 11.1 Å². The summed E-state index contributed by atoms with van der Waals surface area (Å²) in [5, 5.41) is 5.67. The fraction of sp³-hybridized carbons (Fsp3) is 0.0833. The first kappa shape index (κ1) is 8.41. The van der Waals surface area contributed by atoms with E-state index in [4.69, 9.17) is 4.84 Å². The number of halogens is 1. The normalized spacial score (nSPS) is 13.7. The fourth-order valence-corrected chi connectivity index (χ4v) is 1.86. The third-order valence-corrected chi connectivity index (χ3v) is 2.60. The van der Waals surface area contributed by atoms with Gasteiger partial charge >= 0.3 is 0 Å². The molecule has 0 radical (unpaired) electrons. The van der Waals surface area contributed by atoms with Crippen molar-refractivity contribution in [1.29, 1.82) is 0 Å². The second kappa shape index (κ2) is 3.05. The minimum absolute atomic E-state index is 0.215. The van der Waals surface area contributed by atoms with Crippen molar-refractivity contribution in [2.45, 2.75) is 6.61 Å². The SMILES string of the molecule is Fc1ccc2c3c(ccc2c1)C=NOC3. The summed E-state index contributed by atoms with van der Waals surface area (Å²) in [6, 6.07) is 8.61. The van der Waals surface area contributed by atoms with Gasteiger partial charge in [0.25, 0.3) is 0 Å². The van der Waals surface area contributed by atoms with E-state index in [1.807, 2.05) is 12.1 Å². The van der Waals surface area contributed by atoms with Gasteiger partial charge in [-0.1, -0.05) is 23.4 Å². The molecule has 0 N–H and O–H groups in total. The summed E-state index contributed by atoms with van der Waals surface area (Å²) in [7, 11) is 0. The van der Waals surface area contributed by atoms with Crippen molar-refractivity contribution in [3.8, 4) is 0 Å². The van der Waals surface area contributed by atoms with Gasteiger partial charge in [-0.05, 0) is 22.9 Å². The van der Waals surface area contributed by atoms with Crippen molar-refractivity contribution < 1.29 is 9.23 Å². The molecule has 0 aromatic heterocycles. The Morgan fingerprint density at radius 1 is 1.20 bits per heavy atom. The standard InChI is InChI=1S/C12H8FNO/c13-10-3-4-11-8(5-10)1-2-9-6-14-15-7-12(9)11/h1-6H,7H2. The van der Waals surface area contributed by atoms with Crippen molar-refractivity contribution in [3.63, 3.8) is 0 Å². The van der Waals surface area contributed by atoms with E-state index in [0.717, 1.165) is 21.9 Å². The van der Waals surface area contributed by atoms with Gasteiger partial charge in [0, 0.05) is 11.1 Å². The molecule has 1 aliphatic rings. The largest absolute Gasteiger partial charge is 0.391 e. The zero-order valence-corrected chi connectivity index (χ0v) is 7.90. The average Bonchev–Trinajstić information content (AvgIpc) is 2.28. The molecule has 1 heterocycles. The molecule has 2 aromatic rings. The van der Waals surface area contributed by atoms with E-state index >= 15 is 0 Å². The van der Waals surface area contributed by atoms with Crippen LogP contribution in [0.3, 0.4) is 0 Å². The van der Waals surface area contributed by atoms with Crippen LogP contribution in [-0.4, -0.2) is 6.21 Å². The van der Waals surface area contributed by atoms with Crippen LogP contribution < -0.4 is 0 Å². The molecule has 0 unspecified atom stereocenters. The van der Waals surface area contributed by atoms with Gasteiger partial charge in [-0.3, -0.25) is 0 Å².